The number of hydrogen-bond acceptors (Lipinski definition) is 4. The number of halogens is 4. The molecule has 1 aliphatic heterocycles. The SMILES string of the molecule is CCOc1ccc(C2CCCN2C(=O)c2ccc(C(C=C(N)C(F)(F)F)=Nc3ccccc3Cl)cc2)cc1. The standard InChI is InChI=1S/C29H27ClF3N3O2/c1-2-38-22-15-13-20(14-16-22)26-8-5-17-36(26)28(37)21-11-9-19(10-12-21)25(18-27(34)29(31,32)33)35-24-7-4-3-6-23(24)30/h3-4,6-7,9-16,18,26H,2,5,8,17,34H2,1H3. The summed E-state index contributed by atoms with van der Waals surface area (Å²) < 4.78 is 45.1. The number of likely N-dealkylation sites (tertiary alicyclic amines) is 1. The van der Waals surface area contributed by atoms with Gasteiger partial charge in [-0.15, -0.1) is 0 Å². The fraction of sp³-hybridized carbons (Fsp3) is 0.241. The molecule has 4 rings (SSSR count). The first-order chi connectivity index (χ1) is 18.2. The maximum Gasteiger partial charge on any atom is 0.430 e. The van der Waals surface area contributed by atoms with E-state index < -0.39 is 11.9 Å². The van der Waals surface area contributed by atoms with Gasteiger partial charge in [-0.1, -0.05) is 48.0 Å². The first-order valence-corrected chi connectivity index (χ1v) is 12.6. The van der Waals surface area contributed by atoms with E-state index in [1.807, 2.05) is 36.1 Å². The summed E-state index contributed by atoms with van der Waals surface area (Å²) in [7, 11) is 0. The Morgan fingerprint density at radius 3 is 2.37 bits per heavy atom. The third-order valence-electron chi connectivity index (χ3n) is 6.23. The van der Waals surface area contributed by atoms with Crippen molar-refractivity contribution in [3.8, 4) is 5.75 Å². The highest BCUT2D eigenvalue weighted by molar-refractivity contribution is 6.33. The van der Waals surface area contributed by atoms with Gasteiger partial charge >= 0.3 is 6.18 Å². The van der Waals surface area contributed by atoms with Gasteiger partial charge in [-0.25, -0.2) is 4.99 Å². The lowest BCUT2D eigenvalue weighted by Gasteiger charge is -2.25. The number of aliphatic imine (C=N–C) groups is 1. The van der Waals surface area contributed by atoms with Crippen molar-refractivity contribution in [3.05, 3.63) is 106 Å². The summed E-state index contributed by atoms with van der Waals surface area (Å²) in [6.07, 6.45) is -2.24. The molecule has 0 aromatic heterocycles. The van der Waals surface area contributed by atoms with E-state index >= 15 is 0 Å². The average Bonchev–Trinajstić information content (AvgIpc) is 3.39. The zero-order chi connectivity index (χ0) is 27.3. The molecule has 0 bridgehead atoms. The number of carbonyl (C=O) groups excluding carboxylic acids is 1. The lowest BCUT2D eigenvalue weighted by molar-refractivity contribution is -0.0925. The van der Waals surface area contributed by atoms with Crippen LogP contribution in [0.2, 0.25) is 5.02 Å². The van der Waals surface area contributed by atoms with Gasteiger partial charge in [0.2, 0.25) is 0 Å². The molecule has 0 saturated carbocycles. The number of para-hydroxylation sites is 1. The molecule has 1 saturated heterocycles. The minimum atomic E-state index is -4.72. The third-order valence-corrected chi connectivity index (χ3v) is 6.55. The van der Waals surface area contributed by atoms with E-state index in [2.05, 4.69) is 4.99 Å². The van der Waals surface area contributed by atoms with Crippen molar-refractivity contribution in [2.24, 2.45) is 10.7 Å². The van der Waals surface area contributed by atoms with Gasteiger partial charge in [0.1, 0.15) is 11.4 Å². The number of amides is 1. The van der Waals surface area contributed by atoms with Crippen LogP contribution in [0.25, 0.3) is 0 Å². The maximum atomic E-state index is 13.4. The van der Waals surface area contributed by atoms with Gasteiger partial charge in [0.25, 0.3) is 5.91 Å². The number of alkyl halides is 3. The lowest BCUT2D eigenvalue weighted by atomic mass is 10.0. The summed E-state index contributed by atoms with van der Waals surface area (Å²) in [5.74, 6) is 0.625. The molecule has 0 aliphatic carbocycles. The topological polar surface area (TPSA) is 67.9 Å². The van der Waals surface area contributed by atoms with Crippen LogP contribution in [0.4, 0.5) is 18.9 Å². The molecule has 2 N–H and O–H groups in total. The van der Waals surface area contributed by atoms with Crippen LogP contribution in [0.1, 0.15) is 47.3 Å². The van der Waals surface area contributed by atoms with Crippen LogP contribution >= 0.6 is 11.6 Å². The van der Waals surface area contributed by atoms with Gasteiger partial charge < -0.3 is 15.4 Å². The molecule has 3 aromatic carbocycles. The number of rotatable bonds is 7. The molecule has 9 heteroatoms. The predicted molar refractivity (Wildman–Crippen MR) is 143 cm³/mol. The smallest absolute Gasteiger partial charge is 0.430 e. The second-order valence-electron chi connectivity index (χ2n) is 8.78. The summed E-state index contributed by atoms with van der Waals surface area (Å²) >= 11 is 6.17. The number of ether oxygens (including phenoxy) is 1. The molecular weight excluding hydrogens is 515 g/mol. The van der Waals surface area contributed by atoms with Gasteiger partial charge in [-0.2, -0.15) is 13.2 Å². The molecule has 38 heavy (non-hydrogen) atoms. The molecule has 5 nitrogen and oxygen atoms in total. The third kappa shape index (κ3) is 6.37. The average molecular weight is 542 g/mol. The second-order valence-corrected chi connectivity index (χ2v) is 9.19. The zero-order valence-electron chi connectivity index (χ0n) is 20.7. The first kappa shape index (κ1) is 27.3. The maximum absolute atomic E-state index is 13.4. The van der Waals surface area contributed by atoms with Crippen molar-refractivity contribution >= 4 is 28.9 Å². The van der Waals surface area contributed by atoms with E-state index in [0.29, 0.717) is 30.0 Å². The summed E-state index contributed by atoms with van der Waals surface area (Å²) in [5, 5.41) is 0.283. The van der Waals surface area contributed by atoms with E-state index in [-0.39, 0.29) is 22.7 Å². The Balaban J connectivity index is 1.61. The monoisotopic (exact) mass is 541 g/mol. The van der Waals surface area contributed by atoms with Gasteiger partial charge in [-0.3, -0.25) is 4.79 Å². The quantitative estimate of drug-likeness (QED) is 0.320. The largest absolute Gasteiger partial charge is 0.494 e. The fourth-order valence-corrected chi connectivity index (χ4v) is 4.52. The summed E-state index contributed by atoms with van der Waals surface area (Å²) in [6, 6.07) is 20.5. The molecule has 0 radical (unpaired) electrons. The van der Waals surface area contributed by atoms with Gasteiger partial charge in [0.15, 0.2) is 0 Å². The highest BCUT2D eigenvalue weighted by atomic mass is 35.5. The summed E-state index contributed by atoms with van der Waals surface area (Å²) in [5.41, 5.74) is 6.08. The van der Waals surface area contributed by atoms with E-state index in [0.717, 1.165) is 30.2 Å². The van der Waals surface area contributed by atoms with Crippen molar-refractivity contribution in [2.45, 2.75) is 32.0 Å². The van der Waals surface area contributed by atoms with Crippen molar-refractivity contribution in [2.75, 3.05) is 13.2 Å². The van der Waals surface area contributed by atoms with Crippen LogP contribution in [-0.2, 0) is 0 Å². The number of carbonyl (C=O) groups is 1. The predicted octanol–water partition coefficient (Wildman–Crippen LogP) is 7.24. The molecule has 1 fully saturated rings. The van der Waals surface area contributed by atoms with Crippen LogP contribution in [0.15, 0.2) is 89.6 Å². The summed E-state index contributed by atoms with van der Waals surface area (Å²) in [4.78, 5) is 19.6. The van der Waals surface area contributed by atoms with Crippen molar-refractivity contribution in [3.63, 3.8) is 0 Å². The van der Waals surface area contributed by atoms with Crippen molar-refractivity contribution < 1.29 is 22.7 Å². The minimum Gasteiger partial charge on any atom is -0.494 e. The molecule has 1 heterocycles. The number of nitrogens with zero attached hydrogens (tertiary/aromatic N) is 2. The van der Waals surface area contributed by atoms with Crippen molar-refractivity contribution in [1.82, 2.24) is 4.90 Å². The number of hydrogen-bond donors (Lipinski definition) is 1. The number of nitrogens with two attached hydrogens (primary N) is 1. The Morgan fingerprint density at radius 1 is 1.08 bits per heavy atom. The van der Waals surface area contributed by atoms with Crippen LogP contribution < -0.4 is 10.5 Å². The Morgan fingerprint density at radius 2 is 1.74 bits per heavy atom. The molecule has 1 amide bonds. The highest BCUT2D eigenvalue weighted by Gasteiger charge is 2.32. The zero-order valence-corrected chi connectivity index (χ0v) is 21.5. The first-order valence-electron chi connectivity index (χ1n) is 12.2. The van der Waals surface area contributed by atoms with Crippen LogP contribution in [0.5, 0.6) is 5.75 Å². The van der Waals surface area contributed by atoms with Crippen LogP contribution in [0, 0.1) is 0 Å². The molecule has 1 aliphatic rings. The highest BCUT2D eigenvalue weighted by Crippen LogP contribution is 2.34. The van der Waals surface area contributed by atoms with E-state index in [9.17, 15) is 18.0 Å². The van der Waals surface area contributed by atoms with Crippen LogP contribution in [-0.4, -0.2) is 35.8 Å². The number of benzene rings is 3. The molecule has 0 spiro atoms. The Bertz CT molecular complexity index is 1340. The van der Waals surface area contributed by atoms with E-state index in [1.54, 1.807) is 48.5 Å². The fourth-order valence-electron chi connectivity index (χ4n) is 4.34. The Kier molecular flexibility index (Phi) is 8.42. The molecule has 198 valence electrons. The minimum absolute atomic E-state index is 0.0274. The van der Waals surface area contributed by atoms with Gasteiger partial charge in [-0.05, 0) is 67.8 Å². The molecular formula is C29H27ClF3N3O2. The molecule has 1 unspecified atom stereocenters. The van der Waals surface area contributed by atoms with Crippen LogP contribution in [0.3, 0.4) is 0 Å². The normalized spacial score (nSPS) is 16.6. The van der Waals surface area contributed by atoms with E-state index in [1.165, 1.54) is 0 Å². The second kappa shape index (κ2) is 11.7. The Labute approximate surface area is 224 Å². The number of allylic oxidation sites excluding steroid dienone is 2. The van der Waals surface area contributed by atoms with Gasteiger partial charge in [0, 0.05) is 17.7 Å². The summed E-state index contributed by atoms with van der Waals surface area (Å²) in [6.45, 7) is 3.11. The van der Waals surface area contributed by atoms with Crippen molar-refractivity contribution in [1.29, 1.82) is 0 Å². The van der Waals surface area contributed by atoms with E-state index in [4.69, 9.17) is 22.1 Å². The molecule has 3 aromatic rings. The Hall–Kier alpha value is -3.78. The lowest BCUT2D eigenvalue weighted by Crippen LogP contribution is -2.30. The van der Waals surface area contributed by atoms with Gasteiger partial charge in [0.05, 0.1) is 29.1 Å². The molecule has 1 atom stereocenters.